The molecule has 154 valence electrons. The second-order valence-electron chi connectivity index (χ2n) is 5.24. The summed E-state index contributed by atoms with van der Waals surface area (Å²) in [6, 6.07) is 2.06. The van der Waals surface area contributed by atoms with Crippen molar-refractivity contribution in [3.63, 3.8) is 0 Å². The summed E-state index contributed by atoms with van der Waals surface area (Å²) in [4.78, 5) is 11.5. The van der Waals surface area contributed by atoms with E-state index in [1.165, 1.54) is 6.92 Å². The van der Waals surface area contributed by atoms with Crippen LogP contribution in [0.2, 0.25) is 0 Å². The minimum atomic E-state index is -6.02. The highest BCUT2D eigenvalue weighted by molar-refractivity contribution is 5.77. The van der Waals surface area contributed by atoms with E-state index in [-0.39, 0.29) is 6.42 Å². The minimum Gasteiger partial charge on any atom is -0.406 e. The molecular weight excluding hydrogens is 399 g/mol. The van der Waals surface area contributed by atoms with Gasteiger partial charge in [0.05, 0.1) is 0 Å². The number of ether oxygens (including phenoxy) is 1. The van der Waals surface area contributed by atoms with Crippen LogP contribution in [-0.4, -0.2) is 30.3 Å². The molecule has 1 rings (SSSR count). The molecule has 0 radical (unpaired) electrons. The number of anilines is 1. The molecule has 0 spiro atoms. The van der Waals surface area contributed by atoms with Gasteiger partial charge in [-0.3, -0.25) is 4.79 Å². The van der Waals surface area contributed by atoms with Gasteiger partial charge >= 0.3 is 24.4 Å². The minimum absolute atomic E-state index is 0.0128. The Kier molecular flexibility index (Phi) is 6.49. The van der Waals surface area contributed by atoms with Crippen LogP contribution in [-0.2, 0) is 4.79 Å². The molecule has 1 aromatic rings. The molecule has 1 amide bonds. The zero-order valence-corrected chi connectivity index (χ0v) is 13.4. The maximum absolute atomic E-state index is 13.3. The number of amides is 1. The second kappa shape index (κ2) is 7.72. The lowest BCUT2D eigenvalue weighted by atomic mass is 10.1. The average Bonchev–Trinajstić information content (AvgIpc) is 2.44. The zero-order chi connectivity index (χ0) is 21.1. The predicted molar refractivity (Wildman–Crippen MR) is 74.6 cm³/mol. The molecule has 0 fully saturated rings. The van der Waals surface area contributed by atoms with E-state index in [0.717, 1.165) is 10.6 Å². The van der Waals surface area contributed by atoms with E-state index >= 15 is 0 Å². The Bertz CT molecular complexity index is 622. The standard InChI is InChI=1S/C14H13F9N2O2/c1-2-3-10(26)25-11(12(15,16)17,13(18,19)20)24-8-4-6-9(7-5-8)27-14(21,22)23/h4-7,24H,2-3H2,1H3,(H,25,26). The molecule has 0 atom stereocenters. The molecule has 27 heavy (non-hydrogen) atoms. The zero-order valence-electron chi connectivity index (χ0n) is 13.4. The van der Waals surface area contributed by atoms with E-state index in [1.807, 2.05) is 0 Å². The fraction of sp³-hybridized carbons (Fsp3) is 0.500. The van der Waals surface area contributed by atoms with Gasteiger partial charge in [0, 0.05) is 12.1 Å². The molecular formula is C14H13F9N2O2. The molecule has 0 saturated heterocycles. The lowest BCUT2D eigenvalue weighted by molar-refractivity contribution is -0.296. The Morgan fingerprint density at radius 1 is 0.926 bits per heavy atom. The number of benzene rings is 1. The van der Waals surface area contributed by atoms with Crippen LogP contribution in [0, 0.1) is 0 Å². The van der Waals surface area contributed by atoms with Crippen molar-refractivity contribution < 1.29 is 49.0 Å². The number of alkyl halides is 9. The van der Waals surface area contributed by atoms with Crippen molar-refractivity contribution in [1.82, 2.24) is 5.32 Å². The Hall–Kier alpha value is -2.34. The second-order valence-corrected chi connectivity index (χ2v) is 5.24. The molecule has 0 saturated carbocycles. The summed E-state index contributed by atoms with van der Waals surface area (Å²) in [7, 11) is 0. The highest BCUT2D eigenvalue weighted by Gasteiger charge is 2.72. The summed E-state index contributed by atoms with van der Waals surface area (Å²) in [5, 5.41) is 2.03. The van der Waals surface area contributed by atoms with Crippen molar-refractivity contribution in [2.75, 3.05) is 5.32 Å². The summed E-state index contributed by atoms with van der Waals surface area (Å²) in [5.41, 5.74) is -5.69. The number of rotatable bonds is 6. The van der Waals surface area contributed by atoms with Crippen molar-refractivity contribution in [3.05, 3.63) is 24.3 Å². The molecule has 0 bridgehead atoms. The Morgan fingerprint density at radius 2 is 1.41 bits per heavy atom. The molecule has 0 aliphatic carbocycles. The van der Waals surface area contributed by atoms with Gasteiger partial charge in [-0.2, -0.15) is 26.3 Å². The van der Waals surface area contributed by atoms with Gasteiger partial charge in [0.25, 0.3) is 0 Å². The number of carbonyl (C=O) groups excluding carboxylic acids is 1. The Morgan fingerprint density at radius 3 is 1.78 bits per heavy atom. The first-order chi connectivity index (χ1) is 12.1. The normalized spacial score (nSPS) is 13.3. The van der Waals surface area contributed by atoms with E-state index in [0.29, 0.717) is 24.3 Å². The van der Waals surface area contributed by atoms with Gasteiger partial charge in [0.2, 0.25) is 5.91 Å². The monoisotopic (exact) mass is 412 g/mol. The van der Waals surface area contributed by atoms with Crippen molar-refractivity contribution in [3.8, 4) is 5.75 Å². The van der Waals surface area contributed by atoms with Crippen LogP contribution in [0.3, 0.4) is 0 Å². The van der Waals surface area contributed by atoms with Crippen LogP contribution in [0.25, 0.3) is 0 Å². The Labute approximate surface area is 146 Å². The summed E-state index contributed by atoms with van der Waals surface area (Å²) >= 11 is 0. The lowest BCUT2D eigenvalue weighted by Gasteiger charge is -2.39. The van der Waals surface area contributed by atoms with Gasteiger partial charge in [0.15, 0.2) is 0 Å². The first-order valence-corrected chi connectivity index (χ1v) is 7.20. The van der Waals surface area contributed by atoms with Gasteiger partial charge < -0.3 is 15.4 Å². The SMILES string of the molecule is CCCC(=O)NC(Nc1ccc(OC(F)(F)F)cc1)(C(F)(F)F)C(F)(F)F. The third-order valence-electron chi connectivity index (χ3n) is 3.07. The molecule has 4 nitrogen and oxygen atoms in total. The van der Waals surface area contributed by atoms with Crippen LogP contribution in [0.15, 0.2) is 24.3 Å². The first kappa shape index (κ1) is 22.7. The van der Waals surface area contributed by atoms with Crippen molar-refractivity contribution in [2.24, 2.45) is 0 Å². The number of halogens is 9. The van der Waals surface area contributed by atoms with E-state index in [4.69, 9.17) is 0 Å². The van der Waals surface area contributed by atoms with Crippen LogP contribution < -0.4 is 15.4 Å². The van der Waals surface area contributed by atoms with Crippen LogP contribution in [0.4, 0.5) is 45.2 Å². The van der Waals surface area contributed by atoms with Crippen molar-refractivity contribution in [1.29, 1.82) is 0 Å². The molecule has 0 heterocycles. The summed E-state index contributed by atoms with van der Waals surface area (Å²) < 4.78 is 119. The average molecular weight is 412 g/mol. The third-order valence-corrected chi connectivity index (χ3v) is 3.07. The fourth-order valence-corrected chi connectivity index (χ4v) is 1.93. The molecule has 0 aliphatic heterocycles. The summed E-state index contributed by atoms with van der Waals surface area (Å²) in [6.07, 6.45) is -17.7. The summed E-state index contributed by atoms with van der Waals surface area (Å²) in [5.74, 6) is -2.37. The van der Waals surface area contributed by atoms with Gasteiger partial charge in [0.1, 0.15) is 5.75 Å². The van der Waals surface area contributed by atoms with Crippen molar-refractivity contribution >= 4 is 11.6 Å². The fourth-order valence-electron chi connectivity index (χ4n) is 1.93. The molecule has 2 N–H and O–H groups in total. The number of carbonyl (C=O) groups is 1. The van der Waals surface area contributed by atoms with E-state index in [2.05, 4.69) is 4.74 Å². The van der Waals surface area contributed by atoms with E-state index in [1.54, 1.807) is 0 Å². The highest BCUT2D eigenvalue weighted by Crippen LogP contribution is 2.43. The van der Waals surface area contributed by atoms with Crippen molar-refractivity contribution in [2.45, 2.75) is 44.1 Å². The highest BCUT2D eigenvalue weighted by atomic mass is 19.4. The van der Waals surface area contributed by atoms with Crippen LogP contribution >= 0.6 is 0 Å². The molecule has 1 aromatic carbocycles. The smallest absolute Gasteiger partial charge is 0.406 e. The lowest BCUT2D eigenvalue weighted by Crippen LogP contribution is -2.72. The quantitative estimate of drug-likeness (QED) is 0.525. The van der Waals surface area contributed by atoms with Gasteiger partial charge in [-0.05, 0) is 30.7 Å². The number of nitrogens with one attached hydrogen (secondary N) is 2. The molecule has 0 aliphatic rings. The number of hydrogen-bond acceptors (Lipinski definition) is 3. The molecule has 13 heteroatoms. The van der Waals surface area contributed by atoms with E-state index < -0.39 is 48.1 Å². The maximum Gasteiger partial charge on any atom is 0.573 e. The van der Waals surface area contributed by atoms with Crippen LogP contribution in [0.5, 0.6) is 5.75 Å². The largest absolute Gasteiger partial charge is 0.573 e. The number of hydrogen-bond donors (Lipinski definition) is 2. The Balaban J connectivity index is 3.26. The van der Waals surface area contributed by atoms with Crippen LogP contribution in [0.1, 0.15) is 19.8 Å². The first-order valence-electron chi connectivity index (χ1n) is 7.20. The predicted octanol–water partition coefficient (Wildman–Crippen LogP) is 4.73. The third kappa shape index (κ3) is 5.82. The molecule has 0 aromatic heterocycles. The van der Waals surface area contributed by atoms with Gasteiger partial charge in [-0.15, -0.1) is 13.2 Å². The summed E-state index contributed by atoms with van der Waals surface area (Å²) in [6.45, 7) is 1.37. The maximum atomic E-state index is 13.3. The molecule has 0 unspecified atom stereocenters. The van der Waals surface area contributed by atoms with E-state index in [9.17, 15) is 44.3 Å². The van der Waals surface area contributed by atoms with Gasteiger partial charge in [-0.25, -0.2) is 0 Å². The van der Waals surface area contributed by atoms with Gasteiger partial charge in [-0.1, -0.05) is 6.92 Å². The topological polar surface area (TPSA) is 50.4 Å².